The quantitative estimate of drug-likeness (QED) is 0.261. The second kappa shape index (κ2) is 12.0. The molecule has 2 amide bonds. The number of rotatable bonds is 6. The molecular formula is C36H35BrN2O7. The van der Waals surface area contributed by atoms with Crippen molar-refractivity contribution >= 4 is 39.3 Å². The average Bonchev–Trinajstić information content (AvgIpc) is 3.33. The van der Waals surface area contributed by atoms with Gasteiger partial charge in [0.1, 0.15) is 0 Å². The summed E-state index contributed by atoms with van der Waals surface area (Å²) in [6.07, 6.45) is 5.29. The van der Waals surface area contributed by atoms with E-state index in [4.69, 9.17) is 9.47 Å². The van der Waals surface area contributed by atoms with Gasteiger partial charge in [0.25, 0.3) is 0 Å². The number of fused-ring (bicyclic) bond motifs is 3. The van der Waals surface area contributed by atoms with Gasteiger partial charge in [0.2, 0.25) is 17.6 Å². The molecule has 9 nitrogen and oxygen atoms in total. The van der Waals surface area contributed by atoms with Crippen LogP contribution in [-0.4, -0.2) is 71.6 Å². The molecular weight excluding hydrogens is 652 g/mol. The molecule has 3 aliphatic carbocycles. The molecule has 0 saturated carbocycles. The smallest absolute Gasteiger partial charge is 0.233 e. The predicted molar refractivity (Wildman–Crippen MR) is 172 cm³/mol. The molecule has 0 unspecified atom stereocenters. The summed E-state index contributed by atoms with van der Waals surface area (Å²) in [5, 5.41) is 10.6. The summed E-state index contributed by atoms with van der Waals surface area (Å²) in [6, 6.07) is 13.4. The number of allylic oxidation sites excluding steroid dienone is 6. The molecule has 238 valence electrons. The molecule has 46 heavy (non-hydrogen) atoms. The molecule has 0 bridgehead atoms. The minimum atomic E-state index is -0.676. The summed E-state index contributed by atoms with van der Waals surface area (Å²) in [5.74, 6) is -3.01. The lowest BCUT2D eigenvalue weighted by molar-refractivity contribution is -0.144. The lowest BCUT2D eigenvalue weighted by Gasteiger charge is -2.42. The van der Waals surface area contributed by atoms with Crippen molar-refractivity contribution in [1.82, 2.24) is 9.80 Å². The molecule has 2 aromatic rings. The van der Waals surface area contributed by atoms with Gasteiger partial charge in [-0.15, -0.1) is 0 Å². The average molecular weight is 688 g/mol. The van der Waals surface area contributed by atoms with Crippen molar-refractivity contribution in [1.29, 1.82) is 0 Å². The van der Waals surface area contributed by atoms with Gasteiger partial charge in [-0.2, -0.15) is 0 Å². The maximum absolute atomic E-state index is 14.3. The first-order valence-electron chi connectivity index (χ1n) is 15.7. The van der Waals surface area contributed by atoms with Crippen LogP contribution < -0.4 is 9.47 Å². The highest BCUT2D eigenvalue weighted by molar-refractivity contribution is 9.12. The van der Waals surface area contributed by atoms with Crippen molar-refractivity contribution < 1.29 is 33.8 Å². The zero-order valence-electron chi connectivity index (χ0n) is 25.7. The third-order valence-corrected chi connectivity index (χ3v) is 11.0. The molecule has 1 N–H and O–H groups in total. The Morgan fingerprint density at radius 2 is 1.61 bits per heavy atom. The van der Waals surface area contributed by atoms with Crippen molar-refractivity contribution in [2.45, 2.75) is 44.2 Å². The van der Waals surface area contributed by atoms with Crippen molar-refractivity contribution in [3.63, 3.8) is 0 Å². The largest absolute Gasteiger partial charge is 0.502 e. The third-order valence-electron chi connectivity index (χ3n) is 10.4. The van der Waals surface area contributed by atoms with E-state index in [-0.39, 0.29) is 57.6 Å². The van der Waals surface area contributed by atoms with Crippen LogP contribution >= 0.6 is 15.9 Å². The SMILES string of the molecule is COc1cc([C@H]2C3=CC[C@@H]4C(=O)N(C5CCN(Cc6ccccc6)CC5)C(=O)[C@@H]4[C@@H]3CC3=C2C(=O)C=C(Br)C3=O)cc(OC)c1O. The van der Waals surface area contributed by atoms with Gasteiger partial charge in [-0.05, 0) is 70.8 Å². The van der Waals surface area contributed by atoms with Gasteiger partial charge in [-0.3, -0.25) is 29.0 Å². The number of piperidine rings is 1. The maximum Gasteiger partial charge on any atom is 0.233 e. The first-order valence-corrected chi connectivity index (χ1v) is 16.5. The van der Waals surface area contributed by atoms with E-state index >= 15 is 0 Å². The molecule has 0 aromatic heterocycles. The van der Waals surface area contributed by atoms with Crippen molar-refractivity contribution in [2.75, 3.05) is 27.3 Å². The van der Waals surface area contributed by atoms with E-state index in [9.17, 15) is 24.3 Å². The Morgan fingerprint density at radius 3 is 2.26 bits per heavy atom. The molecule has 2 heterocycles. The van der Waals surface area contributed by atoms with Crippen LogP contribution in [0.3, 0.4) is 0 Å². The number of carbonyl (C=O) groups excluding carboxylic acids is 4. The molecule has 4 atom stereocenters. The van der Waals surface area contributed by atoms with E-state index in [1.165, 1.54) is 30.8 Å². The normalized spacial score (nSPS) is 26.8. The lowest BCUT2D eigenvalue weighted by atomic mass is 9.59. The summed E-state index contributed by atoms with van der Waals surface area (Å²) in [6.45, 7) is 2.41. The number of likely N-dealkylation sites (tertiary alicyclic amines) is 2. The topological polar surface area (TPSA) is 113 Å². The molecule has 7 rings (SSSR count). The minimum absolute atomic E-state index is 0.136. The highest BCUT2D eigenvalue weighted by atomic mass is 79.9. The number of phenolic OH excluding ortho intramolecular Hbond substituents is 1. The molecule has 2 aromatic carbocycles. The molecule has 2 fully saturated rings. The number of ether oxygens (including phenoxy) is 2. The number of amides is 2. The Bertz CT molecular complexity index is 1710. The molecule has 5 aliphatic rings. The Morgan fingerprint density at radius 1 is 0.935 bits per heavy atom. The van der Waals surface area contributed by atoms with Crippen LogP contribution in [0.15, 0.2) is 75.8 Å². The number of ketones is 2. The number of benzene rings is 2. The van der Waals surface area contributed by atoms with Crippen molar-refractivity contribution in [3.8, 4) is 17.2 Å². The zero-order chi connectivity index (χ0) is 32.3. The Labute approximate surface area is 275 Å². The first kappa shape index (κ1) is 30.6. The summed E-state index contributed by atoms with van der Waals surface area (Å²) in [7, 11) is 2.85. The van der Waals surface area contributed by atoms with Gasteiger partial charge in [0.05, 0.1) is 30.5 Å². The highest BCUT2D eigenvalue weighted by Gasteiger charge is 2.57. The molecule has 2 aliphatic heterocycles. The highest BCUT2D eigenvalue weighted by Crippen LogP contribution is 2.56. The van der Waals surface area contributed by atoms with Crippen LogP contribution in [0, 0.1) is 17.8 Å². The van der Waals surface area contributed by atoms with Crippen LogP contribution in [0.25, 0.3) is 0 Å². The number of methoxy groups -OCH3 is 2. The fraction of sp³-hybridized carbons (Fsp3) is 0.389. The predicted octanol–water partition coefficient (Wildman–Crippen LogP) is 4.84. The van der Waals surface area contributed by atoms with Crippen LogP contribution in [-0.2, 0) is 25.7 Å². The van der Waals surface area contributed by atoms with E-state index in [0.717, 1.165) is 25.2 Å². The number of carbonyl (C=O) groups is 4. The van der Waals surface area contributed by atoms with Crippen LogP contribution in [0.4, 0.5) is 0 Å². The van der Waals surface area contributed by atoms with E-state index < -0.39 is 23.7 Å². The standard InChI is InChI=1S/C36H35BrN2O7/c1-45-28-14-20(15-29(46-2)34(28)42)30-22-8-9-23-31(24(22)16-25-32(30)27(40)17-26(37)33(25)41)36(44)39(35(23)43)21-10-12-38(13-11-21)18-19-6-4-3-5-7-19/h3-8,14-15,17,21,23-24,30-31,42H,9-13,16,18H2,1-2H3/t23-,24+,30-,31-/m0/s1. The Kier molecular flexibility index (Phi) is 7.97. The minimum Gasteiger partial charge on any atom is -0.502 e. The number of nitrogens with zero attached hydrogens (tertiary/aromatic N) is 2. The number of hydrogen-bond donors (Lipinski definition) is 1. The third kappa shape index (κ3) is 4.93. The number of phenols is 1. The van der Waals surface area contributed by atoms with E-state index in [0.29, 0.717) is 36.0 Å². The Balaban J connectivity index is 1.21. The lowest BCUT2D eigenvalue weighted by Crippen LogP contribution is -2.47. The monoisotopic (exact) mass is 686 g/mol. The van der Waals surface area contributed by atoms with Crippen molar-refractivity contribution in [2.24, 2.45) is 17.8 Å². The van der Waals surface area contributed by atoms with E-state index in [1.54, 1.807) is 12.1 Å². The van der Waals surface area contributed by atoms with E-state index in [1.807, 2.05) is 24.3 Å². The number of hydrogen-bond acceptors (Lipinski definition) is 8. The summed E-state index contributed by atoms with van der Waals surface area (Å²) in [4.78, 5) is 59.3. The van der Waals surface area contributed by atoms with Gasteiger partial charge in [0, 0.05) is 48.8 Å². The van der Waals surface area contributed by atoms with Crippen LogP contribution in [0.5, 0.6) is 17.2 Å². The van der Waals surface area contributed by atoms with Crippen LogP contribution in [0.1, 0.15) is 42.7 Å². The van der Waals surface area contributed by atoms with Gasteiger partial charge in [-0.1, -0.05) is 42.0 Å². The second-order valence-corrected chi connectivity index (χ2v) is 13.6. The number of imide groups is 1. The van der Waals surface area contributed by atoms with Gasteiger partial charge < -0.3 is 14.6 Å². The molecule has 0 radical (unpaired) electrons. The fourth-order valence-corrected chi connectivity index (χ4v) is 8.68. The molecule has 2 saturated heterocycles. The number of halogens is 1. The summed E-state index contributed by atoms with van der Waals surface area (Å²) >= 11 is 3.28. The zero-order valence-corrected chi connectivity index (χ0v) is 27.3. The molecule has 0 spiro atoms. The van der Waals surface area contributed by atoms with Gasteiger partial charge in [-0.25, -0.2) is 0 Å². The molecule has 10 heteroatoms. The Hall–Kier alpha value is -4.02. The summed E-state index contributed by atoms with van der Waals surface area (Å²) < 4.78 is 11.0. The maximum atomic E-state index is 14.3. The first-order chi connectivity index (χ1) is 22.2. The van der Waals surface area contributed by atoms with Gasteiger partial charge in [0.15, 0.2) is 23.1 Å². The van der Waals surface area contributed by atoms with E-state index in [2.05, 4.69) is 33.0 Å². The van der Waals surface area contributed by atoms with Crippen molar-refractivity contribution in [3.05, 3.63) is 86.9 Å². The van der Waals surface area contributed by atoms with Crippen LogP contribution in [0.2, 0.25) is 0 Å². The number of Topliss-reactive ketones (excluding diaryl/α,β-unsaturated/α-hetero) is 1. The second-order valence-electron chi connectivity index (χ2n) is 12.7. The number of aromatic hydroxyl groups is 1. The van der Waals surface area contributed by atoms with Gasteiger partial charge >= 0.3 is 0 Å². The fourth-order valence-electron chi connectivity index (χ4n) is 8.23. The summed E-state index contributed by atoms with van der Waals surface area (Å²) in [5.41, 5.74) is 3.37.